The summed E-state index contributed by atoms with van der Waals surface area (Å²) in [5, 5.41) is 5.62. The van der Waals surface area contributed by atoms with Gasteiger partial charge in [-0.3, -0.25) is 9.59 Å². The van der Waals surface area contributed by atoms with E-state index in [4.69, 9.17) is 9.47 Å². The van der Waals surface area contributed by atoms with Crippen LogP contribution in [0.4, 0.5) is 0 Å². The largest absolute Gasteiger partial charge is 0.475 e. The summed E-state index contributed by atoms with van der Waals surface area (Å²) in [7, 11) is 1.59. The van der Waals surface area contributed by atoms with Gasteiger partial charge in [0, 0.05) is 19.7 Å². The molecule has 7 nitrogen and oxygen atoms in total. The van der Waals surface area contributed by atoms with E-state index >= 15 is 0 Å². The molecule has 154 valence electrons. The fourth-order valence-corrected chi connectivity index (χ4v) is 3.71. The Bertz CT molecular complexity index is 708. The van der Waals surface area contributed by atoms with Crippen molar-refractivity contribution in [2.45, 2.75) is 69.9 Å². The highest BCUT2D eigenvalue weighted by molar-refractivity contribution is 5.99. The second kappa shape index (κ2) is 8.90. The van der Waals surface area contributed by atoms with Crippen LogP contribution in [-0.2, 0) is 9.53 Å². The number of likely N-dealkylation sites (N-methyl/N-ethyl adjacent to an activating group) is 1. The summed E-state index contributed by atoms with van der Waals surface area (Å²) < 4.78 is 11.4. The molecule has 7 heteroatoms. The lowest BCUT2D eigenvalue weighted by molar-refractivity contribution is -0.127. The molecule has 0 aromatic carbocycles. The van der Waals surface area contributed by atoms with Gasteiger partial charge in [-0.05, 0) is 50.0 Å². The Labute approximate surface area is 166 Å². The molecular weight excluding hydrogens is 358 g/mol. The third-order valence-corrected chi connectivity index (χ3v) is 5.80. The van der Waals surface area contributed by atoms with Crippen molar-refractivity contribution in [1.82, 2.24) is 15.6 Å². The monoisotopic (exact) mass is 389 g/mol. The number of aromatic nitrogens is 1. The molecule has 0 bridgehead atoms. The summed E-state index contributed by atoms with van der Waals surface area (Å²) in [6, 6.07) is 3.76. The van der Waals surface area contributed by atoms with E-state index in [9.17, 15) is 9.59 Å². The highest BCUT2D eigenvalue weighted by atomic mass is 16.5. The van der Waals surface area contributed by atoms with Crippen LogP contribution >= 0.6 is 0 Å². The lowest BCUT2D eigenvalue weighted by Gasteiger charge is -2.31. The first kappa shape index (κ1) is 20.6. The predicted molar refractivity (Wildman–Crippen MR) is 106 cm³/mol. The Morgan fingerprint density at radius 1 is 1.25 bits per heavy atom. The van der Waals surface area contributed by atoms with E-state index in [-0.39, 0.29) is 17.9 Å². The molecule has 1 aromatic heterocycles. The van der Waals surface area contributed by atoms with Crippen molar-refractivity contribution < 1.29 is 19.1 Å². The van der Waals surface area contributed by atoms with Gasteiger partial charge in [0.15, 0.2) is 0 Å². The fraction of sp³-hybridized carbons (Fsp3) is 0.667. The molecule has 1 unspecified atom stereocenters. The van der Waals surface area contributed by atoms with Crippen molar-refractivity contribution in [2.75, 3.05) is 20.3 Å². The summed E-state index contributed by atoms with van der Waals surface area (Å²) in [5.41, 5.74) is 0.352. The van der Waals surface area contributed by atoms with Crippen molar-refractivity contribution in [2.24, 2.45) is 0 Å². The van der Waals surface area contributed by atoms with Gasteiger partial charge in [0.05, 0.1) is 6.10 Å². The van der Waals surface area contributed by atoms with Crippen LogP contribution in [0.15, 0.2) is 12.1 Å². The van der Waals surface area contributed by atoms with Gasteiger partial charge in [-0.25, -0.2) is 4.98 Å². The summed E-state index contributed by atoms with van der Waals surface area (Å²) >= 11 is 0. The number of amides is 2. The number of hydrogen-bond acceptors (Lipinski definition) is 5. The van der Waals surface area contributed by atoms with Gasteiger partial charge in [0.1, 0.15) is 17.8 Å². The zero-order valence-electron chi connectivity index (χ0n) is 17.0. The Hall–Kier alpha value is -2.15. The molecule has 2 aliphatic rings. The number of nitrogens with zero attached hydrogens (tertiary/aromatic N) is 1. The van der Waals surface area contributed by atoms with Crippen LogP contribution in [0, 0.1) is 0 Å². The SMILES string of the molecule is CCC(CC)(NC(=O)c1nc(OCC2CCCO2)ccc1C1CC1)C(=O)NC. The molecule has 1 aliphatic heterocycles. The second-order valence-electron chi connectivity index (χ2n) is 7.63. The van der Waals surface area contributed by atoms with Gasteiger partial charge in [0.25, 0.3) is 5.91 Å². The van der Waals surface area contributed by atoms with Crippen LogP contribution < -0.4 is 15.4 Å². The highest BCUT2D eigenvalue weighted by Gasteiger charge is 2.38. The number of pyridine rings is 1. The molecule has 1 saturated carbocycles. The van der Waals surface area contributed by atoms with Crippen LogP contribution in [0.3, 0.4) is 0 Å². The summed E-state index contributed by atoms with van der Waals surface area (Å²) in [6.07, 6.45) is 5.23. The van der Waals surface area contributed by atoms with Crippen LogP contribution in [0.25, 0.3) is 0 Å². The van der Waals surface area contributed by atoms with Crippen molar-refractivity contribution in [3.05, 3.63) is 23.4 Å². The number of nitrogens with one attached hydrogen (secondary N) is 2. The molecule has 2 amide bonds. The lowest BCUT2D eigenvalue weighted by atomic mass is 9.91. The number of hydrogen-bond donors (Lipinski definition) is 2. The molecule has 28 heavy (non-hydrogen) atoms. The van der Waals surface area contributed by atoms with Crippen molar-refractivity contribution in [3.63, 3.8) is 0 Å². The summed E-state index contributed by atoms with van der Waals surface area (Å²) in [4.78, 5) is 30.1. The van der Waals surface area contributed by atoms with Crippen molar-refractivity contribution >= 4 is 11.8 Å². The van der Waals surface area contributed by atoms with Crippen LogP contribution in [0.1, 0.15) is 74.3 Å². The fourth-order valence-electron chi connectivity index (χ4n) is 3.71. The maximum absolute atomic E-state index is 13.1. The van der Waals surface area contributed by atoms with Gasteiger partial charge < -0.3 is 20.1 Å². The molecule has 1 aliphatic carbocycles. The molecule has 1 atom stereocenters. The first-order valence-corrected chi connectivity index (χ1v) is 10.3. The minimum atomic E-state index is -0.942. The zero-order chi connectivity index (χ0) is 20.1. The molecule has 0 spiro atoms. The van der Waals surface area contributed by atoms with Gasteiger partial charge in [-0.1, -0.05) is 19.9 Å². The number of rotatable bonds is 9. The van der Waals surface area contributed by atoms with E-state index in [1.807, 2.05) is 26.0 Å². The average Bonchev–Trinajstić information content (AvgIpc) is 3.44. The maximum Gasteiger partial charge on any atom is 0.271 e. The molecule has 2 N–H and O–H groups in total. The van der Waals surface area contributed by atoms with E-state index in [0.717, 1.165) is 37.9 Å². The maximum atomic E-state index is 13.1. The molecule has 2 fully saturated rings. The molecule has 0 radical (unpaired) electrons. The zero-order valence-corrected chi connectivity index (χ0v) is 17.0. The van der Waals surface area contributed by atoms with Crippen molar-refractivity contribution in [1.29, 1.82) is 0 Å². The van der Waals surface area contributed by atoms with Gasteiger partial charge in [-0.15, -0.1) is 0 Å². The third-order valence-electron chi connectivity index (χ3n) is 5.80. The minimum absolute atomic E-state index is 0.0864. The second-order valence-corrected chi connectivity index (χ2v) is 7.63. The number of carbonyl (C=O) groups is 2. The summed E-state index contributed by atoms with van der Waals surface area (Å²) in [5.74, 6) is 0.267. The predicted octanol–water partition coefficient (Wildman–Crippen LogP) is 2.55. The highest BCUT2D eigenvalue weighted by Crippen LogP contribution is 2.41. The standard InChI is InChI=1S/C21H31N3O4/c1-4-21(5-2,20(26)22-3)24-19(25)18-16(14-8-9-14)10-11-17(23-18)28-13-15-7-6-12-27-15/h10-11,14-15H,4-9,12-13H2,1-3H3,(H,22,26)(H,24,25). The Morgan fingerprint density at radius 3 is 2.57 bits per heavy atom. The molecule has 3 rings (SSSR count). The van der Waals surface area contributed by atoms with Gasteiger partial charge >= 0.3 is 0 Å². The van der Waals surface area contributed by atoms with Gasteiger partial charge in [-0.2, -0.15) is 0 Å². The van der Waals surface area contributed by atoms with Gasteiger partial charge in [0.2, 0.25) is 11.8 Å². The van der Waals surface area contributed by atoms with Crippen LogP contribution in [-0.4, -0.2) is 48.7 Å². The van der Waals surface area contributed by atoms with E-state index in [1.54, 1.807) is 7.05 Å². The molecule has 2 heterocycles. The smallest absolute Gasteiger partial charge is 0.271 e. The quantitative estimate of drug-likeness (QED) is 0.677. The lowest BCUT2D eigenvalue weighted by Crippen LogP contribution is -2.57. The minimum Gasteiger partial charge on any atom is -0.475 e. The first-order chi connectivity index (χ1) is 13.5. The molecule has 1 saturated heterocycles. The van der Waals surface area contributed by atoms with Crippen LogP contribution in [0.5, 0.6) is 5.88 Å². The first-order valence-electron chi connectivity index (χ1n) is 10.3. The average molecular weight is 389 g/mol. The Kier molecular flexibility index (Phi) is 6.54. The third kappa shape index (κ3) is 4.46. The van der Waals surface area contributed by atoms with E-state index < -0.39 is 5.54 Å². The number of carbonyl (C=O) groups excluding carboxylic acids is 2. The van der Waals surface area contributed by atoms with E-state index in [2.05, 4.69) is 15.6 Å². The van der Waals surface area contributed by atoms with E-state index in [1.165, 1.54) is 0 Å². The molecule has 1 aromatic rings. The topological polar surface area (TPSA) is 89.6 Å². The normalized spacial score (nSPS) is 19.3. The van der Waals surface area contributed by atoms with Crippen molar-refractivity contribution in [3.8, 4) is 5.88 Å². The summed E-state index contributed by atoms with van der Waals surface area (Å²) in [6.45, 7) is 5.00. The Morgan fingerprint density at radius 2 is 2.00 bits per heavy atom. The number of ether oxygens (including phenoxy) is 2. The van der Waals surface area contributed by atoms with Crippen LogP contribution in [0.2, 0.25) is 0 Å². The van der Waals surface area contributed by atoms with E-state index in [0.29, 0.717) is 36.9 Å². The Balaban J connectivity index is 1.80. The molecular formula is C21H31N3O4.